The Balaban J connectivity index is 1.49. The summed E-state index contributed by atoms with van der Waals surface area (Å²) >= 11 is 14.2. The maximum absolute atomic E-state index is 13.9. The van der Waals surface area contributed by atoms with Crippen LogP contribution in [0.2, 0.25) is 0 Å². The summed E-state index contributed by atoms with van der Waals surface area (Å²) in [5.41, 5.74) is 1.72. The van der Waals surface area contributed by atoms with Gasteiger partial charge in [0, 0.05) is 24.1 Å². The second-order valence-corrected chi connectivity index (χ2v) is 11.9. The molecule has 2 aliphatic carbocycles. The SMILES string of the molecule is CC(=O)c1ccc(N2C(=O)C3CC=C4C(CC5(Cl)C(=O)N(C)C(=O)C5(Cl)C4c4ccccc4O)C3C2=O)cc1. The second-order valence-electron chi connectivity index (χ2n) is 10.7. The van der Waals surface area contributed by atoms with E-state index in [2.05, 4.69) is 0 Å². The van der Waals surface area contributed by atoms with Gasteiger partial charge in [-0.15, -0.1) is 23.2 Å². The predicted molar refractivity (Wildman–Crippen MR) is 143 cm³/mol. The number of imide groups is 2. The van der Waals surface area contributed by atoms with Crippen molar-refractivity contribution in [2.45, 2.75) is 35.4 Å². The van der Waals surface area contributed by atoms with Crippen LogP contribution in [0, 0.1) is 17.8 Å². The monoisotopic (exact) mass is 566 g/mol. The molecule has 200 valence electrons. The largest absolute Gasteiger partial charge is 0.508 e. The van der Waals surface area contributed by atoms with Crippen molar-refractivity contribution >= 4 is 58.3 Å². The van der Waals surface area contributed by atoms with E-state index < -0.39 is 51.1 Å². The van der Waals surface area contributed by atoms with Gasteiger partial charge in [0.1, 0.15) is 5.75 Å². The van der Waals surface area contributed by atoms with E-state index in [1.54, 1.807) is 42.5 Å². The Morgan fingerprint density at radius 1 is 0.949 bits per heavy atom. The number of allylic oxidation sites excluding steroid dienone is 2. The first-order chi connectivity index (χ1) is 18.4. The van der Waals surface area contributed by atoms with Crippen LogP contribution < -0.4 is 4.90 Å². The normalized spacial score (nSPS) is 33.6. The molecule has 1 N–H and O–H groups in total. The van der Waals surface area contributed by atoms with Crippen LogP contribution in [0.15, 0.2) is 60.2 Å². The van der Waals surface area contributed by atoms with Crippen molar-refractivity contribution in [3.05, 3.63) is 71.3 Å². The lowest BCUT2D eigenvalue weighted by atomic mass is 9.56. The zero-order valence-corrected chi connectivity index (χ0v) is 22.6. The molecule has 3 fully saturated rings. The number of alkyl halides is 2. The molecule has 0 spiro atoms. The number of fused-ring (bicyclic) bond motifs is 4. The molecule has 1 saturated carbocycles. The van der Waals surface area contributed by atoms with Crippen molar-refractivity contribution in [1.29, 1.82) is 0 Å². The van der Waals surface area contributed by atoms with Gasteiger partial charge in [0.25, 0.3) is 11.8 Å². The number of phenols is 1. The van der Waals surface area contributed by atoms with E-state index in [0.29, 0.717) is 22.4 Å². The zero-order valence-electron chi connectivity index (χ0n) is 21.1. The number of amides is 4. The standard InChI is InChI=1S/C29H24Cl2N2O6/c1-14(34)15-7-9-16(10-8-15)33-24(36)19-12-11-17-20(22(19)25(33)37)13-28(30)26(38)32(2)27(39)29(28,31)23(17)18-5-3-4-6-21(18)35/h3-11,19-20,22-23,35H,12-13H2,1-2H3. The van der Waals surface area contributed by atoms with Gasteiger partial charge in [-0.25, -0.2) is 0 Å². The molecule has 6 unspecified atom stereocenters. The minimum absolute atomic E-state index is 0.124. The highest BCUT2D eigenvalue weighted by molar-refractivity contribution is 6.53. The van der Waals surface area contributed by atoms with E-state index in [-0.39, 0.29) is 30.3 Å². The van der Waals surface area contributed by atoms with Gasteiger partial charge in [0.05, 0.1) is 17.5 Å². The summed E-state index contributed by atoms with van der Waals surface area (Å²) in [7, 11) is 1.32. The van der Waals surface area contributed by atoms with E-state index in [9.17, 15) is 29.1 Å². The first-order valence-corrected chi connectivity index (χ1v) is 13.4. The van der Waals surface area contributed by atoms with Crippen molar-refractivity contribution in [1.82, 2.24) is 4.90 Å². The fourth-order valence-electron chi connectivity index (χ4n) is 6.92. The fourth-order valence-corrected chi connectivity index (χ4v) is 7.93. The van der Waals surface area contributed by atoms with E-state index in [1.807, 2.05) is 6.08 Å². The van der Waals surface area contributed by atoms with E-state index >= 15 is 0 Å². The minimum atomic E-state index is -1.94. The molecule has 4 amide bonds. The van der Waals surface area contributed by atoms with Crippen LogP contribution in [0.1, 0.15) is 41.6 Å². The average molecular weight is 567 g/mol. The number of anilines is 1. The number of halogens is 2. The van der Waals surface area contributed by atoms with Gasteiger partial charge < -0.3 is 5.11 Å². The molecular formula is C29H24Cl2N2O6. The molecule has 8 nitrogen and oxygen atoms in total. The van der Waals surface area contributed by atoms with Gasteiger partial charge >= 0.3 is 0 Å². The summed E-state index contributed by atoms with van der Waals surface area (Å²) in [6.07, 6.45) is 1.90. The number of likely N-dealkylation sites (tertiary alicyclic amines) is 1. The number of nitrogens with zero attached hydrogens (tertiary/aromatic N) is 2. The van der Waals surface area contributed by atoms with Crippen LogP contribution in [0.5, 0.6) is 5.75 Å². The molecule has 2 heterocycles. The maximum Gasteiger partial charge on any atom is 0.253 e. The lowest BCUT2D eigenvalue weighted by Gasteiger charge is -2.50. The smallest absolute Gasteiger partial charge is 0.253 e. The number of phenolic OH excluding ortho intramolecular Hbond substituents is 1. The number of Topliss-reactive ketones (excluding diaryl/α,β-unsaturated/α-hetero) is 1. The molecular weight excluding hydrogens is 543 g/mol. The third-order valence-electron chi connectivity index (χ3n) is 8.79. The Labute approximate surface area is 234 Å². The maximum atomic E-state index is 13.9. The Bertz CT molecular complexity index is 1520. The minimum Gasteiger partial charge on any atom is -0.508 e. The van der Waals surface area contributed by atoms with Gasteiger partial charge in [0.2, 0.25) is 11.8 Å². The highest BCUT2D eigenvalue weighted by Gasteiger charge is 2.76. The molecule has 0 aromatic heterocycles. The molecule has 2 saturated heterocycles. The van der Waals surface area contributed by atoms with Crippen molar-refractivity contribution in [3.63, 3.8) is 0 Å². The number of aromatic hydroxyl groups is 1. The average Bonchev–Trinajstić information content (AvgIpc) is 3.24. The number of hydrogen-bond donors (Lipinski definition) is 1. The molecule has 6 atom stereocenters. The van der Waals surface area contributed by atoms with Crippen LogP contribution >= 0.6 is 23.2 Å². The molecule has 0 radical (unpaired) electrons. The quantitative estimate of drug-likeness (QED) is 0.262. The first kappa shape index (κ1) is 25.8. The number of rotatable bonds is 3. The van der Waals surface area contributed by atoms with Crippen molar-refractivity contribution in [2.75, 3.05) is 11.9 Å². The van der Waals surface area contributed by atoms with E-state index in [0.717, 1.165) is 9.80 Å². The van der Waals surface area contributed by atoms with Crippen LogP contribution in [0.3, 0.4) is 0 Å². The van der Waals surface area contributed by atoms with Crippen LogP contribution in [0.4, 0.5) is 5.69 Å². The number of carbonyl (C=O) groups excluding carboxylic acids is 5. The van der Waals surface area contributed by atoms with Crippen LogP contribution in [0.25, 0.3) is 0 Å². The van der Waals surface area contributed by atoms with E-state index in [1.165, 1.54) is 20.0 Å². The van der Waals surface area contributed by atoms with E-state index in [4.69, 9.17) is 23.2 Å². The predicted octanol–water partition coefficient (Wildman–Crippen LogP) is 3.79. The topological polar surface area (TPSA) is 112 Å². The molecule has 0 bridgehead atoms. The van der Waals surface area contributed by atoms with Crippen molar-refractivity contribution in [2.24, 2.45) is 17.8 Å². The van der Waals surface area contributed by atoms with Crippen LogP contribution in [-0.2, 0) is 19.2 Å². The van der Waals surface area contributed by atoms with Crippen LogP contribution in [-0.4, -0.2) is 56.2 Å². The Morgan fingerprint density at radius 3 is 2.26 bits per heavy atom. The van der Waals surface area contributed by atoms with Gasteiger partial charge in [-0.3, -0.25) is 33.8 Å². The second kappa shape index (κ2) is 8.50. The van der Waals surface area contributed by atoms with Gasteiger partial charge in [-0.05, 0) is 56.0 Å². The molecule has 10 heteroatoms. The number of benzene rings is 2. The van der Waals surface area contributed by atoms with Crippen molar-refractivity contribution in [3.8, 4) is 5.75 Å². The Morgan fingerprint density at radius 2 is 1.62 bits per heavy atom. The van der Waals surface area contributed by atoms with Gasteiger partial charge in [0.15, 0.2) is 15.5 Å². The lowest BCUT2D eigenvalue weighted by Crippen LogP contribution is -2.60. The molecule has 2 aromatic rings. The molecule has 2 aromatic carbocycles. The molecule has 2 aliphatic heterocycles. The Hall–Kier alpha value is -3.49. The summed E-state index contributed by atoms with van der Waals surface area (Å²) in [6.45, 7) is 1.43. The third-order valence-corrected chi connectivity index (χ3v) is 10.2. The van der Waals surface area contributed by atoms with Gasteiger partial charge in [-0.2, -0.15) is 0 Å². The van der Waals surface area contributed by atoms with Crippen molar-refractivity contribution < 1.29 is 29.1 Å². The summed E-state index contributed by atoms with van der Waals surface area (Å²) in [6, 6.07) is 12.6. The highest BCUT2D eigenvalue weighted by Crippen LogP contribution is 2.66. The number of para-hydroxylation sites is 1. The fraction of sp³-hybridized carbons (Fsp3) is 0.345. The molecule has 6 rings (SSSR count). The number of ketones is 1. The lowest BCUT2D eigenvalue weighted by molar-refractivity contribution is -0.138. The molecule has 4 aliphatic rings. The summed E-state index contributed by atoms with van der Waals surface area (Å²) in [5.74, 6) is -5.68. The summed E-state index contributed by atoms with van der Waals surface area (Å²) in [4.78, 5) is 64.4. The van der Waals surface area contributed by atoms with Gasteiger partial charge in [-0.1, -0.05) is 29.8 Å². The Kier molecular flexibility index (Phi) is 5.62. The third kappa shape index (κ3) is 3.22. The zero-order chi connectivity index (χ0) is 28.0. The number of hydrogen-bond acceptors (Lipinski definition) is 6. The number of carbonyl (C=O) groups is 5. The highest BCUT2D eigenvalue weighted by atomic mass is 35.5. The summed E-state index contributed by atoms with van der Waals surface area (Å²) < 4.78 is 0. The molecule has 39 heavy (non-hydrogen) atoms. The summed E-state index contributed by atoms with van der Waals surface area (Å²) in [5, 5.41) is 10.8. The first-order valence-electron chi connectivity index (χ1n) is 12.6.